The first-order chi connectivity index (χ1) is 13.9. The normalized spacial score (nSPS) is 11.7. The van der Waals surface area contributed by atoms with Crippen molar-refractivity contribution in [3.8, 4) is 5.75 Å². The van der Waals surface area contributed by atoms with E-state index in [4.69, 9.17) is 4.74 Å². The van der Waals surface area contributed by atoms with Crippen LogP contribution in [0.4, 0.5) is 13.6 Å². The van der Waals surface area contributed by atoms with Gasteiger partial charge in [-0.15, -0.1) is 0 Å². The number of halogens is 2. The number of imide groups is 1. The van der Waals surface area contributed by atoms with Crippen molar-refractivity contribution < 1.29 is 32.6 Å². The molecule has 152 valence electrons. The van der Waals surface area contributed by atoms with Crippen molar-refractivity contribution in [1.29, 1.82) is 0 Å². The molecule has 1 atom stereocenters. The summed E-state index contributed by atoms with van der Waals surface area (Å²) >= 11 is 0. The third-order valence-corrected chi connectivity index (χ3v) is 3.56. The molecule has 0 aromatic heterocycles. The molecule has 9 heteroatoms. The summed E-state index contributed by atoms with van der Waals surface area (Å²) in [7, 11) is 1.34. The molecule has 0 unspecified atom stereocenters. The number of nitrogens with one attached hydrogen (secondary N) is 2. The SMILES string of the molecule is CNC(=O)NC(=O)[C@H](OC(=O)/C=C/c1ccc(OC(F)F)cc1)c1ccccc1. The Morgan fingerprint density at radius 3 is 2.24 bits per heavy atom. The number of carbonyl (C=O) groups is 3. The van der Waals surface area contributed by atoms with Gasteiger partial charge < -0.3 is 14.8 Å². The van der Waals surface area contributed by atoms with E-state index in [-0.39, 0.29) is 5.75 Å². The summed E-state index contributed by atoms with van der Waals surface area (Å²) in [6.45, 7) is -2.93. The molecule has 0 fully saturated rings. The summed E-state index contributed by atoms with van der Waals surface area (Å²) in [6, 6.07) is 13.0. The topological polar surface area (TPSA) is 93.7 Å². The predicted octanol–water partition coefficient (Wildman–Crippen LogP) is 3.04. The zero-order valence-corrected chi connectivity index (χ0v) is 15.3. The Morgan fingerprint density at radius 2 is 1.66 bits per heavy atom. The van der Waals surface area contributed by atoms with Gasteiger partial charge in [0.15, 0.2) is 0 Å². The van der Waals surface area contributed by atoms with Gasteiger partial charge in [0.2, 0.25) is 6.10 Å². The molecule has 3 amide bonds. The van der Waals surface area contributed by atoms with Crippen LogP contribution in [0.5, 0.6) is 5.75 Å². The van der Waals surface area contributed by atoms with E-state index in [1.54, 1.807) is 30.3 Å². The molecule has 2 aromatic carbocycles. The average Bonchev–Trinajstić information content (AvgIpc) is 2.71. The van der Waals surface area contributed by atoms with Crippen LogP contribution in [-0.2, 0) is 14.3 Å². The Bertz CT molecular complexity index is 870. The summed E-state index contributed by atoms with van der Waals surface area (Å²) in [5.41, 5.74) is 0.902. The van der Waals surface area contributed by atoms with Crippen molar-refractivity contribution in [2.75, 3.05) is 7.05 Å². The van der Waals surface area contributed by atoms with Crippen molar-refractivity contribution in [2.24, 2.45) is 0 Å². The van der Waals surface area contributed by atoms with Gasteiger partial charge in [0, 0.05) is 18.7 Å². The molecule has 2 rings (SSSR count). The lowest BCUT2D eigenvalue weighted by Crippen LogP contribution is -2.41. The van der Waals surface area contributed by atoms with Gasteiger partial charge in [-0.3, -0.25) is 10.1 Å². The highest BCUT2D eigenvalue weighted by Gasteiger charge is 2.25. The number of urea groups is 1. The fourth-order valence-electron chi connectivity index (χ4n) is 2.22. The van der Waals surface area contributed by atoms with Crippen molar-refractivity contribution in [3.05, 3.63) is 71.8 Å². The molecule has 0 saturated heterocycles. The fourth-order valence-corrected chi connectivity index (χ4v) is 2.22. The number of alkyl halides is 2. The van der Waals surface area contributed by atoms with Gasteiger partial charge in [-0.2, -0.15) is 8.78 Å². The number of esters is 1. The lowest BCUT2D eigenvalue weighted by molar-refractivity contribution is -0.151. The van der Waals surface area contributed by atoms with Crippen LogP contribution in [-0.4, -0.2) is 31.6 Å². The van der Waals surface area contributed by atoms with Gasteiger partial charge in [-0.05, 0) is 23.8 Å². The van der Waals surface area contributed by atoms with E-state index >= 15 is 0 Å². The van der Waals surface area contributed by atoms with Crippen LogP contribution in [0.1, 0.15) is 17.2 Å². The molecule has 7 nitrogen and oxygen atoms in total. The van der Waals surface area contributed by atoms with Gasteiger partial charge in [0.25, 0.3) is 5.91 Å². The van der Waals surface area contributed by atoms with Crippen LogP contribution < -0.4 is 15.4 Å². The second-order valence-electron chi connectivity index (χ2n) is 5.58. The standard InChI is InChI=1S/C20H18F2N2O5/c1-23-20(27)24-18(26)17(14-5-3-2-4-6-14)29-16(25)12-9-13-7-10-15(11-8-13)28-19(21)22/h2-12,17,19H,1H3,(H2,23,24,26,27)/b12-9+/t17-/m1/s1. The number of amides is 3. The molecular formula is C20H18F2N2O5. The van der Waals surface area contributed by atoms with Crippen molar-refractivity contribution in [1.82, 2.24) is 10.6 Å². The zero-order valence-electron chi connectivity index (χ0n) is 15.3. The summed E-state index contributed by atoms with van der Waals surface area (Å²) in [5.74, 6) is -1.67. The minimum Gasteiger partial charge on any atom is -0.444 e. The van der Waals surface area contributed by atoms with Crippen LogP contribution in [0, 0.1) is 0 Å². The maximum atomic E-state index is 12.3. The first-order valence-corrected chi connectivity index (χ1v) is 8.40. The molecule has 0 spiro atoms. The predicted molar refractivity (Wildman–Crippen MR) is 100.0 cm³/mol. The van der Waals surface area contributed by atoms with Crippen LogP contribution >= 0.6 is 0 Å². The maximum absolute atomic E-state index is 12.3. The number of ether oxygens (including phenoxy) is 2. The first kappa shape index (κ1) is 21.5. The summed E-state index contributed by atoms with van der Waals surface area (Å²) in [4.78, 5) is 35.9. The molecule has 2 aromatic rings. The van der Waals surface area contributed by atoms with Gasteiger partial charge >= 0.3 is 18.6 Å². The molecule has 0 aliphatic heterocycles. The Labute approximate surface area is 165 Å². The number of hydrogen-bond acceptors (Lipinski definition) is 5. The van der Waals surface area contributed by atoms with Crippen LogP contribution in [0.2, 0.25) is 0 Å². The quantitative estimate of drug-likeness (QED) is 0.547. The summed E-state index contributed by atoms with van der Waals surface area (Å²) in [6.07, 6.45) is 1.12. The second kappa shape index (κ2) is 10.5. The van der Waals surface area contributed by atoms with E-state index in [2.05, 4.69) is 15.4 Å². The minimum atomic E-state index is -2.93. The Balaban J connectivity index is 2.08. The third kappa shape index (κ3) is 7.06. The fraction of sp³-hybridized carbons (Fsp3) is 0.150. The second-order valence-corrected chi connectivity index (χ2v) is 5.58. The minimum absolute atomic E-state index is 0.0188. The first-order valence-electron chi connectivity index (χ1n) is 8.40. The molecule has 0 radical (unpaired) electrons. The molecule has 0 bridgehead atoms. The van der Waals surface area contributed by atoms with Crippen molar-refractivity contribution in [3.63, 3.8) is 0 Å². The highest BCUT2D eigenvalue weighted by Crippen LogP contribution is 2.19. The van der Waals surface area contributed by atoms with E-state index < -0.39 is 30.6 Å². The van der Waals surface area contributed by atoms with Gasteiger partial charge in [0.1, 0.15) is 5.75 Å². The molecule has 0 saturated carbocycles. The van der Waals surface area contributed by atoms with E-state index in [0.717, 1.165) is 6.08 Å². The van der Waals surface area contributed by atoms with Crippen LogP contribution in [0.3, 0.4) is 0 Å². The largest absolute Gasteiger partial charge is 0.444 e. The number of rotatable bonds is 7. The third-order valence-electron chi connectivity index (χ3n) is 3.56. The lowest BCUT2D eigenvalue weighted by Gasteiger charge is -2.16. The molecular weight excluding hydrogens is 386 g/mol. The van der Waals surface area contributed by atoms with Crippen LogP contribution in [0.15, 0.2) is 60.7 Å². The summed E-state index contributed by atoms with van der Waals surface area (Å²) in [5, 5.41) is 4.30. The Hall–Kier alpha value is -3.75. The monoisotopic (exact) mass is 404 g/mol. The highest BCUT2D eigenvalue weighted by molar-refractivity contribution is 5.98. The van der Waals surface area contributed by atoms with E-state index in [9.17, 15) is 23.2 Å². The van der Waals surface area contributed by atoms with Crippen LogP contribution in [0.25, 0.3) is 6.08 Å². The van der Waals surface area contributed by atoms with Gasteiger partial charge in [0.05, 0.1) is 0 Å². The molecule has 29 heavy (non-hydrogen) atoms. The Kier molecular flexibility index (Phi) is 7.84. The number of benzene rings is 2. The molecule has 0 aliphatic rings. The van der Waals surface area contributed by atoms with Gasteiger partial charge in [-0.1, -0.05) is 42.5 Å². The van der Waals surface area contributed by atoms with E-state index in [1.165, 1.54) is 37.4 Å². The van der Waals surface area contributed by atoms with E-state index in [0.29, 0.717) is 11.1 Å². The van der Waals surface area contributed by atoms with Crippen molar-refractivity contribution >= 4 is 24.0 Å². The lowest BCUT2D eigenvalue weighted by atomic mass is 10.1. The average molecular weight is 404 g/mol. The zero-order chi connectivity index (χ0) is 21.2. The molecule has 0 aliphatic carbocycles. The molecule has 0 heterocycles. The molecule has 2 N–H and O–H groups in total. The highest BCUT2D eigenvalue weighted by atomic mass is 19.3. The smallest absolute Gasteiger partial charge is 0.387 e. The van der Waals surface area contributed by atoms with Gasteiger partial charge in [-0.25, -0.2) is 9.59 Å². The van der Waals surface area contributed by atoms with Crippen molar-refractivity contribution in [2.45, 2.75) is 12.7 Å². The summed E-state index contributed by atoms with van der Waals surface area (Å²) < 4.78 is 33.7. The number of carbonyl (C=O) groups excluding carboxylic acids is 3. The maximum Gasteiger partial charge on any atom is 0.387 e. The van der Waals surface area contributed by atoms with E-state index in [1.807, 2.05) is 0 Å². The Morgan fingerprint density at radius 1 is 1.00 bits per heavy atom. The number of hydrogen-bond donors (Lipinski definition) is 2.